The van der Waals surface area contributed by atoms with Gasteiger partial charge in [-0.2, -0.15) is 11.8 Å². The van der Waals surface area contributed by atoms with Crippen LogP contribution in [0.4, 0.5) is 0 Å². The highest BCUT2D eigenvalue weighted by atomic mass is 35.5. The van der Waals surface area contributed by atoms with Gasteiger partial charge in [-0.25, -0.2) is 0 Å². The highest BCUT2D eigenvalue weighted by Crippen LogP contribution is 2.26. The lowest BCUT2D eigenvalue weighted by Gasteiger charge is -2.18. The van der Waals surface area contributed by atoms with Gasteiger partial charge in [0.15, 0.2) is 6.10 Å². The second kappa shape index (κ2) is 10.5. The Hall–Kier alpha value is -1.65. The zero-order chi connectivity index (χ0) is 18.9. The van der Waals surface area contributed by atoms with E-state index in [1.165, 1.54) is 0 Å². The number of hydrogen-bond acceptors (Lipinski definition) is 3. The van der Waals surface area contributed by atoms with E-state index in [9.17, 15) is 4.79 Å². The van der Waals surface area contributed by atoms with Gasteiger partial charge >= 0.3 is 0 Å². The number of nitrogens with one attached hydrogen (secondary N) is 1. The summed E-state index contributed by atoms with van der Waals surface area (Å²) in [4.78, 5) is 12.2. The number of ether oxygens (including phenoxy) is 1. The molecule has 0 fully saturated rings. The summed E-state index contributed by atoms with van der Waals surface area (Å²) in [5.74, 6) is 2.69. The van der Waals surface area contributed by atoms with Crippen LogP contribution < -0.4 is 10.1 Å². The fourth-order valence-electron chi connectivity index (χ4n) is 2.50. The van der Waals surface area contributed by atoms with Crippen molar-refractivity contribution in [2.75, 3.05) is 12.3 Å². The molecule has 1 atom stereocenters. The summed E-state index contributed by atoms with van der Waals surface area (Å²) in [5.41, 5.74) is 2.23. The molecule has 0 aliphatic rings. The van der Waals surface area contributed by atoms with Crippen molar-refractivity contribution in [3.05, 3.63) is 64.7 Å². The van der Waals surface area contributed by atoms with Crippen LogP contribution in [-0.4, -0.2) is 24.3 Å². The van der Waals surface area contributed by atoms with Crippen molar-refractivity contribution >= 4 is 29.3 Å². The topological polar surface area (TPSA) is 38.3 Å². The molecule has 0 saturated heterocycles. The predicted molar refractivity (Wildman–Crippen MR) is 111 cm³/mol. The molecule has 0 heterocycles. The zero-order valence-electron chi connectivity index (χ0n) is 15.5. The average molecular weight is 392 g/mol. The number of hydrogen-bond donors (Lipinski definition) is 1. The molecule has 140 valence electrons. The second-order valence-corrected chi connectivity index (χ2v) is 7.90. The van der Waals surface area contributed by atoms with E-state index >= 15 is 0 Å². The predicted octanol–water partition coefficient (Wildman–Crippen LogP) is 5.28. The quantitative estimate of drug-likeness (QED) is 0.591. The summed E-state index contributed by atoms with van der Waals surface area (Å²) in [7, 11) is 0. The van der Waals surface area contributed by atoms with Crippen LogP contribution >= 0.6 is 23.4 Å². The van der Waals surface area contributed by atoms with E-state index in [-0.39, 0.29) is 5.91 Å². The molecule has 0 aliphatic heterocycles. The molecule has 5 heteroatoms. The Balaban J connectivity index is 1.73. The molecular weight excluding hydrogens is 366 g/mol. The summed E-state index contributed by atoms with van der Waals surface area (Å²) in [6.45, 7) is 6.61. The number of thioether (sulfide) groups is 1. The standard InChI is InChI=1S/C21H26ClNO2S/c1-15(2)18-9-5-7-11-20(18)25-16(3)21(24)23-12-13-26-14-17-8-4-6-10-19(17)22/h4-11,15-16H,12-14H2,1-3H3,(H,23,24)/t16-/m1/s1. The number of para-hydroxylation sites is 1. The second-order valence-electron chi connectivity index (χ2n) is 6.39. The van der Waals surface area contributed by atoms with E-state index in [1.54, 1.807) is 18.7 Å². The minimum Gasteiger partial charge on any atom is -0.481 e. The SMILES string of the molecule is CC(C)c1ccccc1O[C@H](C)C(=O)NCCSCc1ccccc1Cl. The largest absolute Gasteiger partial charge is 0.481 e. The maximum Gasteiger partial charge on any atom is 0.260 e. The zero-order valence-corrected chi connectivity index (χ0v) is 17.1. The maximum absolute atomic E-state index is 12.2. The molecule has 2 aromatic rings. The number of amides is 1. The van der Waals surface area contributed by atoms with Crippen LogP contribution in [0, 0.1) is 0 Å². The molecule has 0 spiro atoms. The molecule has 0 bridgehead atoms. The van der Waals surface area contributed by atoms with Crippen molar-refractivity contribution in [2.24, 2.45) is 0 Å². The smallest absolute Gasteiger partial charge is 0.260 e. The molecule has 26 heavy (non-hydrogen) atoms. The number of halogens is 1. The highest BCUT2D eigenvalue weighted by molar-refractivity contribution is 7.98. The Kier molecular flexibility index (Phi) is 8.33. The van der Waals surface area contributed by atoms with Crippen LogP contribution in [0.2, 0.25) is 5.02 Å². The summed E-state index contributed by atoms with van der Waals surface area (Å²) in [6, 6.07) is 15.7. The van der Waals surface area contributed by atoms with Gasteiger partial charge in [-0.1, -0.05) is 61.8 Å². The molecular formula is C21H26ClNO2S. The van der Waals surface area contributed by atoms with E-state index in [4.69, 9.17) is 16.3 Å². The van der Waals surface area contributed by atoms with Crippen LogP contribution in [0.3, 0.4) is 0 Å². The molecule has 0 unspecified atom stereocenters. The van der Waals surface area contributed by atoms with Crippen LogP contribution in [0.15, 0.2) is 48.5 Å². The lowest BCUT2D eigenvalue weighted by Crippen LogP contribution is -2.37. The molecule has 1 N–H and O–H groups in total. The Morgan fingerprint density at radius 1 is 1.12 bits per heavy atom. The first kappa shape index (κ1) is 20.7. The molecule has 0 radical (unpaired) electrons. The van der Waals surface area contributed by atoms with E-state index < -0.39 is 6.10 Å². The lowest BCUT2D eigenvalue weighted by atomic mass is 10.0. The van der Waals surface area contributed by atoms with Gasteiger partial charge in [-0.15, -0.1) is 0 Å². The van der Waals surface area contributed by atoms with Crippen LogP contribution in [0.5, 0.6) is 5.75 Å². The number of carbonyl (C=O) groups excluding carboxylic acids is 1. The molecule has 0 saturated carbocycles. The van der Waals surface area contributed by atoms with Gasteiger partial charge in [0, 0.05) is 23.1 Å². The van der Waals surface area contributed by atoms with Crippen LogP contribution in [0.25, 0.3) is 0 Å². The van der Waals surface area contributed by atoms with E-state index in [2.05, 4.69) is 19.2 Å². The summed E-state index contributed by atoms with van der Waals surface area (Å²) >= 11 is 7.89. The van der Waals surface area contributed by atoms with Gasteiger partial charge in [0.25, 0.3) is 5.91 Å². The third-order valence-corrected chi connectivity index (χ3v) is 5.35. The highest BCUT2D eigenvalue weighted by Gasteiger charge is 2.16. The molecule has 3 nitrogen and oxygen atoms in total. The van der Waals surface area contributed by atoms with Gasteiger partial charge < -0.3 is 10.1 Å². The molecule has 1 amide bonds. The summed E-state index contributed by atoms with van der Waals surface area (Å²) in [6.07, 6.45) is -0.525. The van der Waals surface area contributed by atoms with Gasteiger partial charge in [0.1, 0.15) is 5.75 Å². The fraction of sp³-hybridized carbons (Fsp3) is 0.381. The molecule has 0 aromatic heterocycles. The van der Waals surface area contributed by atoms with Crippen LogP contribution in [-0.2, 0) is 10.5 Å². The van der Waals surface area contributed by atoms with Crippen molar-refractivity contribution in [3.8, 4) is 5.75 Å². The van der Waals surface area contributed by atoms with E-state index in [1.807, 2.05) is 48.5 Å². The average Bonchev–Trinajstić information content (AvgIpc) is 2.63. The van der Waals surface area contributed by atoms with Gasteiger partial charge in [-0.3, -0.25) is 4.79 Å². The van der Waals surface area contributed by atoms with Crippen molar-refractivity contribution < 1.29 is 9.53 Å². The first-order chi connectivity index (χ1) is 12.5. The molecule has 2 aromatic carbocycles. The molecule has 2 rings (SSSR count). The Labute approximate surface area is 165 Å². The number of carbonyl (C=O) groups is 1. The summed E-state index contributed by atoms with van der Waals surface area (Å²) < 4.78 is 5.87. The fourth-order valence-corrected chi connectivity index (χ4v) is 3.64. The third-order valence-electron chi connectivity index (χ3n) is 3.98. The number of rotatable bonds is 9. The van der Waals surface area contributed by atoms with Crippen molar-refractivity contribution in [3.63, 3.8) is 0 Å². The van der Waals surface area contributed by atoms with Gasteiger partial charge in [0.05, 0.1) is 0 Å². The lowest BCUT2D eigenvalue weighted by molar-refractivity contribution is -0.127. The maximum atomic E-state index is 12.2. The van der Waals surface area contributed by atoms with Crippen molar-refractivity contribution in [1.29, 1.82) is 0 Å². The van der Waals surface area contributed by atoms with Crippen molar-refractivity contribution in [1.82, 2.24) is 5.32 Å². The monoisotopic (exact) mass is 391 g/mol. The minimum atomic E-state index is -0.525. The van der Waals surface area contributed by atoms with Gasteiger partial charge in [0.2, 0.25) is 0 Å². The van der Waals surface area contributed by atoms with Crippen LogP contribution in [0.1, 0.15) is 37.8 Å². The molecule has 0 aliphatic carbocycles. The minimum absolute atomic E-state index is 0.0955. The van der Waals surface area contributed by atoms with Gasteiger partial charge in [-0.05, 0) is 36.1 Å². The normalized spacial score (nSPS) is 12.0. The van der Waals surface area contributed by atoms with E-state index in [0.717, 1.165) is 33.4 Å². The van der Waals surface area contributed by atoms with E-state index in [0.29, 0.717) is 12.5 Å². The Morgan fingerprint density at radius 2 is 1.81 bits per heavy atom. The summed E-state index contributed by atoms with van der Waals surface area (Å²) in [5, 5.41) is 3.72. The first-order valence-corrected chi connectivity index (χ1v) is 10.4. The van der Waals surface area contributed by atoms with Crippen molar-refractivity contribution in [2.45, 2.75) is 38.5 Å². The third kappa shape index (κ3) is 6.26. The Morgan fingerprint density at radius 3 is 2.54 bits per heavy atom. The first-order valence-electron chi connectivity index (χ1n) is 8.83. The Bertz CT molecular complexity index is 721. The number of benzene rings is 2.